The highest BCUT2D eigenvalue weighted by Gasteiger charge is 2.70. The summed E-state index contributed by atoms with van der Waals surface area (Å²) in [6.07, 6.45) is -1.66. The first-order valence-corrected chi connectivity index (χ1v) is 14.5. The van der Waals surface area contributed by atoms with E-state index in [0.29, 0.717) is 19.8 Å². The zero-order chi connectivity index (χ0) is 28.7. The van der Waals surface area contributed by atoms with Crippen LogP contribution in [0.1, 0.15) is 65.2 Å². The monoisotopic (exact) mass is 582 g/mol. The predicted molar refractivity (Wildman–Crippen MR) is 123 cm³/mol. The zero-order valence-electron chi connectivity index (χ0n) is 21.5. The van der Waals surface area contributed by atoms with Crippen LogP contribution in [0.3, 0.4) is 0 Å². The van der Waals surface area contributed by atoms with Crippen LogP contribution in [0.4, 0.5) is 8.78 Å². The molecule has 0 spiro atoms. The number of carbonyl (C=O) groups excluding carboxylic acids is 4. The Morgan fingerprint density at radius 1 is 1.10 bits per heavy atom. The molecule has 3 aliphatic carbocycles. The van der Waals surface area contributed by atoms with E-state index in [2.05, 4.69) is 4.74 Å². The van der Waals surface area contributed by atoms with Crippen molar-refractivity contribution in [3.8, 4) is 0 Å². The number of esters is 4. The molecule has 4 fully saturated rings. The van der Waals surface area contributed by atoms with Crippen molar-refractivity contribution in [2.24, 2.45) is 23.7 Å². The van der Waals surface area contributed by atoms with Crippen molar-refractivity contribution in [3.63, 3.8) is 0 Å². The molecule has 4 aliphatic rings. The van der Waals surface area contributed by atoms with Gasteiger partial charge in [-0.25, -0.2) is 0 Å². The summed E-state index contributed by atoms with van der Waals surface area (Å²) < 4.78 is 84.0. The number of hydrogen-bond donors (Lipinski definition) is 1. The lowest BCUT2D eigenvalue weighted by Gasteiger charge is -2.31. The summed E-state index contributed by atoms with van der Waals surface area (Å²) in [7, 11) is -5.83. The van der Waals surface area contributed by atoms with Gasteiger partial charge in [0.25, 0.3) is 0 Å². The molecule has 1 aliphatic heterocycles. The van der Waals surface area contributed by atoms with E-state index < -0.39 is 94.4 Å². The SMILES string of the molecule is CCC(OC(=O)C1C2CC3C(OC(=O)C31)C2OC(=O)CCC(=O)OC(C)C(F)(F)S(=O)(=O)O)OC1CCCC1. The van der Waals surface area contributed by atoms with Crippen molar-refractivity contribution >= 4 is 34.0 Å². The van der Waals surface area contributed by atoms with Crippen LogP contribution in [0.5, 0.6) is 0 Å². The quantitative estimate of drug-likeness (QED) is 0.154. The molecule has 8 unspecified atom stereocenters. The van der Waals surface area contributed by atoms with Crippen LogP contribution >= 0.6 is 0 Å². The van der Waals surface area contributed by atoms with Gasteiger partial charge in [-0.3, -0.25) is 23.7 Å². The molecule has 1 heterocycles. The molecule has 1 N–H and O–H groups in total. The van der Waals surface area contributed by atoms with E-state index in [1.165, 1.54) is 0 Å². The second-order valence-corrected chi connectivity index (χ2v) is 12.0. The molecule has 0 aromatic rings. The maximum absolute atomic E-state index is 13.6. The van der Waals surface area contributed by atoms with Gasteiger partial charge in [0.05, 0.1) is 30.8 Å². The summed E-state index contributed by atoms with van der Waals surface area (Å²) in [6, 6.07) is 0. The third-order valence-corrected chi connectivity index (χ3v) is 8.99. The maximum atomic E-state index is 13.6. The zero-order valence-corrected chi connectivity index (χ0v) is 22.3. The topological polar surface area (TPSA) is 169 Å². The molecule has 220 valence electrons. The molecule has 3 saturated carbocycles. The van der Waals surface area contributed by atoms with E-state index in [1.807, 2.05) is 6.92 Å². The highest BCUT2D eigenvalue weighted by Crippen LogP contribution is 2.59. The molecule has 4 rings (SSSR count). The summed E-state index contributed by atoms with van der Waals surface area (Å²) in [5, 5.41) is -4.74. The Morgan fingerprint density at radius 3 is 2.36 bits per heavy atom. The van der Waals surface area contributed by atoms with Gasteiger partial charge >= 0.3 is 39.2 Å². The highest BCUT2D eigenvalue weighted by molar-refractivity contribution is 7.86. The molecule has 0 aromatic heterocycles. The third kappa shape index (κ3) is 5.89. The average Bonchev–Trinajstić information content (AvgIpc) is 3.61. The van der Waals surface area contributed by atoms with Crippen molar-refractivity contribution in [1.29, 1.82) is 0 Å². The first-order chi connectivity index (χ1) is 18.2. The lowest BCUT2D eigenvalue weighted by atomic mass is 9.78. The lowest BCUT2D eigenvalue weighted by Crippen LogP contribution is -2.44. The van der Waals surface area contributed by atoms with Crippen LogP contribution in [-0.4, -0.2) is 72.8 Å². The van der Waals surface area contributed by atoms with Crippen molar-refractivity contribution in [1.82, 2.24) is 0 Å². The maximum Gasteiger partial charge on any atom is 0.405 e. The summed E-state index contributed by atoms with van der Waals surface area (Å²) in [6.45, 7) is 2.39. The van der Waals surface area contributed by atoms with Crippen LogP contribution in [0.15, 0.2) is 0 Å². The Morgan fingerprint density at radius 2 is 1.74 bits per heavy atom. The summed E-state index contributed by atoms with van der Waals surface area (Å²) in [4.78, 5) is 50.1. The van der Waals surface area contributed by atoms with Crippen molar-refractivity contribution in [2.75, 3.05) is 0 Å². The van der Waals surface area contributed by atoms with Crippen molar-refractivity contribution < 1.29 is 64.6 Å². The Balaban J connectivity index is 1.33. The van der Waals surface area contributed by atoms with Gasteiger partial charge in [-0.1, -0.05) is 19.8 Å². The van der Waals surface area contributed by atoms with Gasteiger partial charge in [-0.15, -0.1) is 0 Å². The number of carbonyl (C=O) groups is 4. The van der Waals surface area contributed by atoms with Gasteiger partial charge in [-0.05, 0) is 26.2 Å². The standard InChI is InChI=1S/C24H32F2O12S/c1-3-17(35-12-6-4-5-7-12)37-22(29)18-13-10-14-19(18)23(30)38-21(14)20(13)36-16(28)9-8-15(27)34-11(2)24(25,26)39(31,32)33/h11-14,17-21H,3-10H2,1-2H3,(H,31,32,33). The van der Waals surface area contributed by atoms with E-state index in [-0.39, 0.29) is 12.0 Å². The van der Waals surface area contributed by atoms with Gasteiger partial charge in [-0.2, -0.15) is 17.2 Å². The smallest absolute Gasteiger partial charge is 0.405 e. The normalized spacial score (nSPS) is 31.6. The largest absolute Gasteiger partial charge is 0.458 e. The van der Waals surface area contributed by atoms with Crippen molar-refractivity contribution in [2.45, 2.75) is 101 Å². The molecule has 8 atom stereocenters. The van der Waals surface area contributed by atoms with Gasteiger partial charge in [0.2, 0.25) is 6.29 Å². The summed E-state index contributed by atoms with van der Waals surface area (Å²) in [5.74, 6) is -5.97. The van der Waals surface area contributed by atoms with Crippen LogP contribution in [0, 0.1) is 23.7 Å². The third-order valence-electron chi connectivity index (χ3n) is 7.97. The Labute approximate surface area is 223 Å². The summed E-state index contributed by atoms with van der Waals surface area (Å²) in [5.41, 5.74) is 0. The van der Waals surface area contributed by atoms with Crippen LogP contribution < -0.4 is 0 Å². The van der Waals surface area contributed by atoms with E-state index in [0.717, 1.165) is 25.7 Å². The minimum absolute atomic E-state index is 0.00579. The molecule has 0 aromatic carbocycles. The molecular formula is C24H32F2O12S. The van der Waals surface area contributed by atoms with E-state index >= 15 is 0 Å². The fourth-order valence-corrected chi connectivity index (χ4v) is 6.54. The minimum atomic E-state index is -5.83. The Kier molecular flexibility index (Phi) is 8.53. The summed E-state index contributed by atoms with van der Waals surface area (Å²) >= 11 is 0. The average molecular weight is 583 g/mol. The predicted octanol–water partition coefficient (Wildman–Crippen LogP) is 2.14. The first kappa shape index (κ1) is 29.6. The Bertz CT molecular complexity index is 1090. The van der Waals surface area contributed by atoms with Gasteiger partial charge in [0.1, 0.15) is 12.2 Å². The lowest BCUT2D eigenvalue weighted by molar-refractivity contribution is -0.199. The molecule has 12 nitrogen and oxygen atoms in total. The first-order valence-electron chi connectivity index (χ1n) is 13.0. The van der Waals surface area contributed by atoms with Gasteiger partial charge in [0, 0.05) is 18.3 Å². The van der Waals surface area contributed by atoms with Gasteiger partial charge < -0.3 is 23.7 Å². The van der Waals surface area contributed by atoms with Gasteiger partial charge in [0.15, 0.2) is 6.10 Å². The van der Waals surface area contributed by atoms with Crippen molar-refractivity contribution in [3.05, 3.63) is 0 Å². The number of hydrogen-bond acceptors (Lipinski definition) is 11. The number of fused-ring (bicyclic) bond motifs is 1. The van der Waals surface area contributed by atoms with E-state index in [4.69, 9.17) is 23.5 Å². The molecule has 0 radical (unpaired) electrons. The van der Waals surface area contributed by atoms with E-state index in [9.17, 15) is 36.4 Å². The fourth-order valence-electron chi connectivity index (χ4n) is 6.07. The number of ether oxygens (including phenoxy) is 5. The number of rotatable bonds is 12. The van der Waals surface area contributed by atoms with E-state index in [1.54, 1.807) is 0 Å². The highest BCUT2D eigenvalue weighted by atomic mass is 32.2. The van der Waals surface area contributed by atoms with Crippen LogP contribution in [0.25, 0.3) is 0 Å². The molecular weight excluding hydrogens is 550 g/mol. The molecule has 39 heavy (non-hydrogen) atoms. The molecule has 0 amide bonds. The van der Waals surface area contributed by atoms with Crippen LogP contribution in [0.2, 0.25) is 0 Å². The molecule has 2 bridgehead atoms. The molecule has 15 heteroatoms. The second-order valence-electron chi connectivity index (χ2n) is 10.5. The number of halogens is 2. The molecule has 1 saturated heterocycles. The Hall–Kier alpha value is -2.39. The second kappa shape index (κ2) is 11.2. The van der Waals surface area contributed by atoms with Crippen LogP contribution in [-0.2, 0) is 53.0 Å². The fraction of sp³-hybridized carbons (Fsp3) is 0.833. The minimum Gasteiger partial charge on any atom is -0.458 e. The number of alkyl halides is 2.